The topological polar surface area (TPSA) is 328 Å². The first-order chi connectivity index (χ1) is 33.9. The molecule has 0 fully saturated rings. The van der Waals surface area contributed by atoms with Crippen LogP contribution in [0, 0.1) is 0 Å². The fraction of sp³-hybridized carbons (Fsp3) is 0.370. The molecule has 72 heavy (non-hydrogen) atoms. The van der Waals surface area contributed by atoms with Gasteiger partial charge in [0, 0.05) is 41.1 Å². The number of nitrogens with one attached hydrogen (secondary N) is 9. The number of alkyl halides is 3. The number of carboxylic acids is 1. The van der Waals surface area contributed by atoms with Gasteiger partial charge in [0.1, 0.15) is 42.6 Å². The van der Waals surface area contributed by atoms with E-state index in [4.69, 9.17) is 14.6 Å². The van der Waals surface area contributed by atoms with Crippen molar-refractivity contribution in [3.05, 3.63) is 95.6 Å². The van der Waals surface area contributed by atoms with Crippen LogP contribution in [0.15, 0.2) is 83.8 Å². The maximum absolute atomic E-state index is 14.0. The second kappa shape index (κ2) is 30.5. The lowest BCUT2D eigenvalue weighted by Gasteiger charge is -2.23. The van der Waals surface area contributed by atoms with Gasteiger partial charge in [-0.1, -0.05) is 54.6 Å². The first kappa shape index (κ1) is 60.1. The van der Waals surface area contributed by atoms with Crippen LogP contribution in [-0.4, -0.2) is 135 Å². The molecule has 9 amide bonds. The Kier molecular flexibility index (Phi) is 25.5. The van der Waals surface area contributed by atoms with E-state index in [1.165, 1.54) is 26.8 Å². The fourth-order valence-corrected chi connectivity index (χ4v) is 7.20. The Morgan fingerprint density at radius 1 is 0.639 bits per heavy atom. The third kappa shape index (κ3) is 23.5. The molecule has 0 heterocycles. The summed E-state index contributed by atoms with van der Waals surface area (Å²) in [4.78, 5) is 135. The monoisotopic (exact) mass is 1030 g/mol. The van der Waals surface area contributed by atoms with Crippen molar-refractivity contribution < 1.29 is 75.8 Å². The smallest absolute Gasteiger partial charge is 0.430 e. The highest BCUT2D eigenvalue weighted by atomic mass is 32.2. The molecule has 26 heteroatoms. The van der Waals surface area contributed by atoms with Crippen LogP contribution in [-0.2, 0) is 75.8 Å². The maximum Gasteiger partial charge on any atom is 0.430 e. The zero-order chi connectivity index (χ0) is 54.0. The van der Waals surface area contributed by atoms with E-state index in [1.54, 1.807) is 49.4 Å². The molecular formula is C46H56F3N9O13S. The molecule has 3 aromatic rings. The van der Waals surface area contributed by atoms with Gasteiger partial charge in [-0.15, -0.1) is 0 Å². The molecular weight excluding hydrogens is 976 g/mol. The van der Waals surface area contributed by atoms with Crippen LogP contribution in [0.3, 0.4) is 0 Å². The summed E-state index contributed by atoms with van der Waals surface area (Å²) in [5.74, 6) is -9.01. The van der Waals surface area contributed by atoms with E-state index in [0.29, 0.717) is 16.9 Å². The molecule has 0 aliphatic heterocycles. The Morgan fingerprint density at radius 3 is 1.68 bits per heavy atom. The predicted octanol–water partition coefficient (Wildman–Crippen LogP) is -1.75. The quantitative estimate of drug-likeness (QED) is 0.0356. The molecule has 0 spiro atoms. The number of amides is 9. The van der Waals surface area contributed by atoms with Crippen LogP contribution < -0.4 is 53.0 Å². The number of hydrogen-bond donors (Lipinski definition) is 9. The zero-order valence-corrected chi connectivity index (χ0v) is 40.6. The number of carboxylic acid groups (broad SMARTS) is 1. The highest BCUT2D eigenvalue weighted by Gasteiger charge is 2.30. The predicted molar refractivity (Wildman–Crippen MR) is 252 cm³/mol. The van der Waals surface area contributed by atoms with Crippen molar-refractivity contribution in [1.29, 1.82) is 0 Å². The lowest BCUT2D eigenvalue weighted by molar-refractivity contribution is -0.344. The summed E-state index contributed by atoms with van der Waals surface area (Å²) in [6.45, 7) is 3.62. The normalized spacial score (nSPS) is 12.2. The van der Waals surface area contributed by atoms with E-state index in [9.17, 15) is 61.1 Å². The molecule has 0 aliphatic carbocycles. The number of rotatable bonds is 24. The van der Waals surface area contributed by atoms with Crippen molar-refractivity contribution in [3.8, 4) is 0 Å². The summed E-state index contributed by atoms with van der Waals surface area (Å²) in [7, 11) is -0.371. The third-order valence-electron chi connectivity index (χ3n) is 9.34. The van der Waals surface area contributed by atoms with Gasteiger partial charge < -0.3 is 62.5 Å². The SMILES string of the molecule is CCOC(=O)CNC(=O)CNC(=O)CNC(=O)CNC(=O)c1cc(NC(=O)[C@H](Cc2ccccc2)NC(=O)[C@H](C)NC(=O)[C@H](C)NC(=O)CNC(C)=O)ccc1C[S+](C)c1ccccc1.O=C([O-])C(F)(F)F. The van der Waals surface area contributed by atoms with Crippen molar-refractivity contribution >= 4 is 81.7 Å². The van der Waals surface area contributed by atoms with Crippen LogP contribution in [0.4, 0.5) is 18.9 Å². The second-order valence-corrected chi connectivity index (χ2v) is 17.3. The fourth-order valence-electron chi connectivity index (χ4n) is 5.70. The van der Waals surface area contributed by atoms with E-state index in [-0.39, 0.29) is 48.3 Å². The Labute approximate surface area is 414 Å². The molecule has 0 aromatic heterocycles. The van der Waals surface area contributed by atoms with Crippen molar-refractivity contribution in [3.63, 3.8) is 0 Å². The van der Waals surface area contributed by atoms with E-state index >= 15 is 0 Å². The number of anilines is 1. The maximum atomic E-state index is 14.0. The van der Waals surface area contributed by atoms with E-state index in [2.05, 4.69) is 47.9 Å². The van der Waals surface area contributed by atoms with Gasteiger partial charge in [0.15, 0.2) is 4.90 Å². The van der Waals surface area contributed by atoms with Gasteiger partial charge in [-0.3, -0.25) is 47.9 Å². The number of esters is 1. The minimum Gasteiger partial charge on any atom is -0.542 e. The summed E-state index contributed by atoms with van der Waals surface area (Å²) >= 11 is 0. The summed E-state index contributed by atoms with van der Waals surface area (Å²) < 4.78 is 36.3. The van der Waals surface area contributed by atoms with Crippen LogP contribution in [0.5, 0.6) is 0 Å². The van der Waals surface area contributed by atoms with Crippen LogP contribution in [0.25, 0.3) is 0 Å². The second-order valence-electron chi connectivity index (χ2n) is 15.2. The van der Waals surface area contributed by atoms with Gasteiger partial charge >= 0.3 is 12.1 Å². The average Bonchev–Trinajstić information content (AvgIpc) is 3.33. The molecule has 0 radical (unpaired) electrons. The summed E-state index contributed by atoms with van der Waals surface area (Å²) in [5, 5.41) is 31.0. The first-order valence-electron chi connectivity index (χ1n) is 21.7. The van der Waals surface area contributed by atoms with E-state index < -0.39 is 109 Å². The van der Waals surface area contributed by atoms with E-state index in [0.717, 1.165) is 4.90 Å². The summed E-state index contributed by atoms with van der Waals surface area (Å²) in [5.41, 5.74) is 1.66. The van der Waals surface area contributed by atoms with Gasteiger partial charge in [0.25, 0.3) is 5.91 Å². The molecule has 0 saturated heterocycles. The van der Waals surface area contributed by atoms with Crippen molar-refractivity contribution in [2.75, 3.05) is 50.9 Å². The zero-order valence-electron chi connectivity index (χ0n) is 39.7. The molecule has 0 aliphatic rings. The molecule has 390 valence electrons. The van der Waals surface area contributed by atoms with Gasteiger partial charge in [0.05, 0.1) is 32.8 Å². The standard InChI is InChI=1S/C44H55N9O11S.C2HF3O2/c1-6-64-40(59)25-48-37(56)22-46-36(55)21-47-38(57)23-49-43(62)34-20-32(18-17-31(34)26-65(5)33-15-11-8-12-16-33)52-44(63)35(19-30-13-9-7-10-14-30)53-42(61)28(3)51-41(60)27(2)50-39(58)24-45-29(4)54;3-2(4,5)1(6)7/h7-18,20,27-28,35H,6,19,21-26H2,1-5H3,(H8-,45,46,47,48,49,50,51,52,53,54,55,56,57,58,60,61,62,63);(H,6,7)/t27-,28-,35-,65?;/m0./s1. The number of carbonyl (C=O) groups excluding carboxylic acids is 11. The Hall–Kier alpha value is -8.03. The van der Waals surface area contributed by atoms with Gasteiger partial charge in [-0.2, -0.15) is 13.2 Å². The van der Waals surface area contributed by atoms with Crippen LogP contribution >= 0.6 is 0 Å². The lowest BCUT2D eigenvalue weighted by atomic mass is 10.0. The molecule has 0 bridgehead atoms. The highest BCUT2D eigenvalue weighted by molar-refractivity contribution is 7.95. The van der Waals surface area contributed by atoms with Gasteiger partial charge in [0.2, 0.25) is 47.3 Å². The molecule has 0 saturated carbocycles. The van der Waals surface area contributed by atoms with Crippen molar-refractivity contribution in [1.82, 2.24) is 42.5 Å². The minimum absolute atomic E-state index is 0.0473. The molecule has 1 unspecified atom stereocenters. The number of carbonyl (C=O) groups is 11. The number of halogens is 3. The first-order valence-corrected chi connectivity index (χ1v) is 23.5. The van der Waals surface area contributed by atoms with Crippen LogP contribution in [0.2, 0.25) is 0 Å². The average molecular weight is 1030 g/mol. The lowest BCUT2D eigenvalue weighted by Crippen LogP contribution is -2.55. The van der Waals surface area contributed by atoms with Crippen LogP contribution in [0.1, 0.15) is 49.2 Å². The number of hydrogen-bond acceptors (Lipinski definition) is 13. The Bertz CT molecular complexity index is 2400. The molecule has 9 N–H and O–H groups in total. The van der Waals surface area contributed by atoms with E-state index in [1.807, 2.05) is 36.6 Å². The van der Waals surface area contributed by atoms with Crippen molar-refractivity contribution in [2.24, 2.45) is 0 Å². The summed E-state index contributed by atoms with van der Waals surface area (Å²) in [6.07, 6.45) is -3.13. The molecule has 22 nitrogen and oxygen atoms in total. The molecule has 3 aromatic carbocycles. The van der Waals surface area contributed by atoms with Gasteiger partial charge in [-0.25, -0.2) is 0 Å². The third-order valence-corrected chi connectivity index (χ3v) is 11.2. The largest absolute Gasteiger partial charge is 0.542 e. The number of ether oxygens (including phenoxy) is 1. The number of aliphatic carboxylic acids is 1. The molecule has 4 atom stereocenters. The Balaban J connectivity index is 0.00000235. The van der Waals surface area contributed by atoms with Crippen molar-refractivity contribution in [2.45, 2.75) is 69.1 Å². The minimum atomic E-state index is -5.19. The number of benzene rings is 3. The molecule has 3 rings (SSSR count). The Morgan fingerprint density at radius 2 is 1.14 bits per heavy atom. The highest BCUT2D eigenvalue weighted by Crippen LogP contribution is 2.23. The summed E-state index contributed by atoms with van der Waals surface area (Å²) in [6, 6.07) is 19.9. The van der Waals surface area contributed by atoms with Gasteiger partial charge in [-0.05, 0) is 50.6 Å².